The molecule has 10 heteroatoms. The number of fused-ring (bicyclic) bond motifs is 2. The van der Waals surface area contributed by atoms with Crippen molar-refractivity contribution >= 4 is 23.0 Å². The Hall–Kier alpha value is -4.31. The first-order valence-electron chi connectivity index (χ1n) is 13.1. The van der Waals surface area contributed by atoms with Crippen molar-refractivity contribution in [1.82, 2.24) is 29.7 Å². The Kier molecular flexibility index (Phi) is 6.48. The molecular weight excluding hydrogens is 496 g/mol. The van der Waals surface area contributed by atoms with Gasteiger partial charge in [0, 0.05) is 56.3 Å². The number of benzene rings is 1. The molecule has 5 heterocycles. The maximum atomic E-state index is 13.5. The number of aromatic amines is 1. The second-order valence-corrected chi connectivity index (χ2v) is 10.2. The van der Waals surface area contributed by atoms with Crippen molar-refractivity contribution in [3.8, 4) is 11.1 Å². The highest BCUT2D eigenvalue weighted by Gasteiger charge is 2.34. The van der Waals surface area contributed by atoms with Gasteiger partial charge in [-0.1, -0.05) is 6.07 Å². The van der Waals surface area contributed by atoms with Gasteiger partial charge in [0.2, 0.25) is 0 Å². The summed E-state index contributed by atoms with van der Waals surface area (Å²) < 4.78 is 5.12. The first-order chi connectivity index (χ1) is 18.9. The van der Waals surface area contributed by atoms with Crippen LogP contribution < -0.4 is 0 Å². The third-order valence-electron chi connectivity index (χ3n) is 7.79. The number of carboxylic acid groups (broad SMARTS) is 1. The summed E-state index contributed by atoms with van der Waals surface area (Å²) in [6, 6.07) is 7.77. The van der Waals surface area contributed by atoms with Crippen LogP contribution in [0.4, 0.5) is 4.79 Å². The minimum absolute atomic E-state index is 0.172. The fourth-order valence-corrected chi connectivity index (χ4v) is 5.83. The van der Waals surface area contributed by atoms with Gasteiger partial charge in [-0.25, -0.2) is 19.7 Å². The predicted octanol–water partition coefficient (Wildman–Crippen LogP) is 4.49. The van der Waals surface area contributed by atoms with Gasteiger partial charge in [0.05, 0.1) is 6.04 Å². The van der Waals surface area contributed by atoms with Gasteiger partial charge in [0.1, 0.15) is 17.9 Å². The number of hydrogen-bond acceptors (Lipinski definition) is 6. The number of rotatable bonds is 5. The molecule has 0 radical (unpaired) electrons. The SMILES string of the molecule is COCc1nccc(C(=O)N2CCc3cc(-c4cnc5[nH]cc(C)c5c4)cc([C@@H]4CCCN4C(=O)O)c3C2)n1. The van der Waals surface area contributed by atoms with Crippen LogP contribution >= 0.6 is 0 Å². The number of nitrogens with one attached hydrogen (secondary N) is 1. The normalized spacial score (nSPS) is 17.0. The van der Waals surface area contributed by atoms with Crippen molar-refractivity contribution in [1.29, 1.82) is 0 Å². The van der Waals surface area contributed by atoms with Gasteiger partial charge in [-0.2, -0.15) is 0 Å². The number of likely N-dealkylation sites (tertiary alicyclic amines) is 1. The highest BCUT2D eigenvalue weighted by Crippen LogP contribution is 2.40. The zero-order valence-electron chi connectivity index (χ0n) is 22.0. The van der Waals surface area contributed by atoms with E-state index in [0.29, 0.717) is 37.6 Å². The van der Waals surface area contributed by atoms with Gasteiger partial charge < -0.3 is 24.6 Å². The van der Waals surface area contributed by atoms with Gasteiger partial charge in [-0.3, -0.25) is 4.79 Å². The minimum atomic E-state index is -0.918. The second-order valence-electron chi connectivity index (χ2n) is 10.2. The molecular formula is C29H30N6O4. The zero-order chi connectivity index (χ0) is 27.1. The fourth-order valence-electron chi connectivity index (χ4n) is 5.83. The Morgan fingerprint density at radius 2 is 2.05 bits per heavy atom. The van der Waals surface area contributed by atoms with Crippen LogP contribution in [0.15, 0.2) is 42.9 Å². The lowest BCUT2D eigenvalue weighted by molar-refractivity contribution is 0.0725. The molecule has 3 aromatic heterocycles. The Morgan fingerprint density at radius 1 is 1.18 bits per heavy atom. The van der Waals surface area contributed by atoms with E-state index in [4.69, 9.17) is 4.74 Å². The molecule has 10 nitrogen and oxygen atoms in total. The molecule has 0 bridgehead atoms. The van der Waals surface area contributed by atoms with E-state index in [-0.39, 0.29) is 18.6 Å². The van der Waals surface area contributed by atoms with E-state index < -0.39 is 6.09 Å². The maximum absolute atomic E-state index is 13.5. The lowest BCUT2D eigenvalue weighted by atomic mass is 9.86. The maximum Gasteiger partial charge on any atom is 0.407 e. The summed E-state index contributed by atoms with van der Waals surface area (Å²) in [6.45, 7) is 3.71. The van der Waals surface area contributed by atoms with Crippen LogP contribution in [0.5, 0.6) is 0 Å². The smallest absolute Gasteiger partial charge is 0.407 e. The second kappa shape index (κ2) is 10.1. The molecule has 200 valence electrons. The molecule has 1 atom stereocenters. The van der Waals surface area contributed by atoms with Crippen molar-refractivity contribution < 1.29 is 19.4 Å². The summed E-state index contributed by atoms with van der Waals surface area (Å²) in [4.78, 5) is 45.3. The summed E-state index contributed by atoms with van der Waals surface area (Å²) in [6.07, 6.45) is 6.68. The van der Waals surface area contributed by atoms with Crippen LogP contribution in [0.1, 0.15) is 57.5 Å². The molecule has 1 fully saturated rings. The average Bonchev–Trinajstić information content (AvgIpc) is 3.59. The topological polar surface area (TPSA) is 125 Å². The molecule has 0 unspecified atom stereocenters. The van der Waals surface area contributed by atoms with E-state index in [0.717, 1.165) is 57.3 Å². The highest BCUT2D eigenvalue weighted by molar-refractivity contribution is 5.92. The molecule has 2 aliphatic heterocycles. The van der Waals surface area contributed by atoms with Crippen molar-refractivity contribution in [2.24, 2.45) is 0 Å². The van der Waals surface area contributed by atoms with Crippen LogP contribution in [0.3, 0.4) is 0 Å². The van der Waals surface area contributed by atoms with Gasteiger partial charge in [-0.05, 0) is 72.2 Å². The summed E-state index contributed by atoms with van der Waals surface area (Å²) in [5.41, 5.74) is 7.41. The standard InChI is InChI=1S/C29H30N6O4/c1-17-13-31-27-21(17)12-20(14-32-27)19-10-18-6-9-34(28(36)24-5-7-30-26(33-24)16-39-2)15-23(18)22(11-19)25-4-3-8-35(25)29(37)38/h5,7,10-14,25H,3-4,6,8-9,15-16H2,1-2H3,(H,31,32)(H,37,38)/t25-/m0/s1. The van der Waals surface area contributed by atoms with Gasteiger partial charge in [0.25, 0.3) is 5.91 Å². The van der Waals surface area contributed by atoms with Gasteiger partial charge in [0.15, 0.2) is 5.82 Å². The first-order valence-corrected chi connectivity index (χ1v) is 13.1. The monoisotopic (exact) mass is 526 g/mol. The predicted molar refractivity (Wildman–Crippen MR) is 144 cm³/mol. The summed E-state index contributed by atoms with van der Waals surface area (Å²) in [5, 5.41) is 11.0. The molecule has 2 N–H and O–H groups in total. The lowest BCUT2D eigenvalue weighted by Gasteiger charge is -2.33. The number of amides is 2. The van der Waals surface area contributed by atoms with Crippen LogP contribution in [-0.2, 0) is 24.3 Å². The van der Waals surface area contributed by atoms with E-state index in [2.05, 4.69) is 38.1 Å². The van der Waals surface area contributed by atoms with Gasteiger partial charge in [-0.15, -0.1) is 0 Å². The zero-order valence-corrected chi connectivity index (χ0v) is 22.0. The summed E-state index contributed by atoms with van der Waals surface area (Å²) in [7, 11) is 1.56. The average molecular weight is 527 g/mol. The third kappa shape index (κ3) is 4.61. The largest absolute Gasteiger partial charge is 0.465 e. The molecule has 0 aliphatic carbocycles. The molecule has 4 aromatic rings. The molecule has 0 saturated carbocycles. The quantitative estimate of drug-likeness (QED) is 0.393. The summed E-state index contributed by atoms with van der Waals surface area (Å²) >= 11 is 0. The number of carbonyl (C=O) groups excluding carboxylic acids is 1. The Bertz CT molecular complexity index is 1580. The highest BCUT2D eigenvalue weighted by atomic mass is 16.5. The molecule has 2 amide bonds. The Morgan fingerprint density at radius 3 is 2.87 bits per heavy atom. The number of ether oxygens (including phenoxy) is 1. The van der Waals surface area contributed by atoms with Crippen LogP contribution in [0, 0.1) is 6.92 Å². The minimum Gasteiger partial charge on any atom is -0.465 e. The number of H-pyrrole nitrogens is 1. The molecule has 2 aliphatic rings. The van der Waals surface area contributed by atoms with E-state index in [1.807, 2.05) is 19.3 Å². The lowest BCUT2D eigenvalue weighted by Crippen LogP contribution is -2.38. The van der Waals surface area contributed by atoms with E-state index >= 15 is 0 Å². The number of aromatic nitrogens is 4. The number of pyridine rings is 1. The van der Waals surface area contributed by atoms with Crippen LogP contribution in [0.2, 0.25) is 0 Å². The third-order valence-corrected chi connectivity index (χ3v) is 7.79. The van der Waals surface area contributed by atoms with Gasteiger partial charge >= 0.3 is 6.09 Å². The number of aryl methyl sites for hydroxylation is 1. The van der Waals surface area contributed by atoms with E-state index in [1.54, 1.807) is 24.3 Å². The van der Waals surface area contributed by atoms with Crippen LogP contribution in [0.25, 0.3) is 22.2 Å². The van der Waals surface area contributed by atoms with Crippen molar-refractivity contribution in [2.45, 2.75) is 45.4 Å². The van der Waals surface area contributed by atoms with Crippen molar-refractivity contribution in [2.75, 3.05) is 20.2 Å². The number of nitrogens with zero attached hydrogens (tertiary/aromatic N) is 5. The Labute approximate surface area is 225 Å². The molecule has 1 aromatic carbocycles. The Balaban J connectivity index is 1.40. The van der Waals surface area contributed by atoms with Crippen molar-refractivity contribution in [3.63, 3.8) is 0 Å². The molecule has 6 rings (SSSR count). The number of methoxy groups -OCH3 is 1. The number of hydrogen-bond donors (Lipinski definition) is 2. The fraction of sp³-hybridized carbons (Fsp3) is 0.345. The van der Waals surface area contributed by atoms with E-state index in [9.17, 15) is 14.7 Å². The molecule has 1 saturated heterocycles. The summed E-state index contributed by atoms with van der Waals surface area (Å²) in [5.74, 6) is 0.284. The first kappa shape index (κ1) is 25.0. The molecule has 0 spiro atoms. The van der Waals surface area contributed by atoms with Crippen LogP contribution in [-0.4, -0.2) is 67.0 Å². The van der Waals surface area contributed by atoms with Crippen molar-refractivity contribution in [3.05, 3.63) is 76.6 Å². The number of carbonyl (C=O) groups is 2. The van der Waals surface area contributed by atoms with E-state index in [1.165, 1.54) is 4.90 Å². The molecule has 39 heavy (non-hydrogen) atoms.